The molecule has 6 fully saturated rings. The van der Waals surface area contributed by atoms with E-state index in [0.29, 0.717) is 5.92 Å². The van der Waals surface area contributed by atoms with Gasteiger partial charge in [0.1, 0.15) is 0 Å². The van der Waals surface area contributed by atoms with Gasteiger partial charge < -0.3 is 19.1 Å². The van der Waals surface area contributed by atoms with Crippen molar-refractivity contribution in [3.8, 4) is 0 Å². The van der Waals surface area contributed by atoms with Crippen LogP contribution in [0.2, 0.25) is 0 Å². The molecular weight excluding hydrogens is 426 g/mol. The lowest BCUT2D eigenvalue weighted by Crippen LogP contribution is -2.70. The second-order valence-electron chi connectivity index (χ2n) is 11.1. The molecule has 5 aliphatic heterocycles. The molecule has 186 valence electrons. The Kier molecular flexibility index (Phi) is 6.48. The Bertz CT molecular complexity index is 753. The van der Waals surface area contributed by atoms with Gasteiger partial charge in [-0.05, 0) is 50.9 Å². The van der Waals surface area contributed by atoms with Gasteiger partial charge in [-0.25, -0.2) is 9.78 Å². The summed E-state index contributed by atoms with van der Waals surface area (Å²) in [6, 6.07) is 0. The highest BCUT2D eigenvalue weighted by atomic mass is 17.3. The SMILES string of the molecule is C[C@H]1[C@H](OC(=O)CCC(=O)N2CCCCCC2)O[C@@H]2O[C@@]3(C)CC[C@H]4[C@H](C)CC[C@H]1[C@@]24OO3. The first-order valence-electron chi connectivity index (χ1n) is 13.0. The van der Waals surface area contributed by atoms with Crippen molar-refractivity contribution in [1.29, 1.82) is 0 Å². The molecule has 2 bridgehead atoms. The summed E-state index contributed by atoms with van der Waals surface area (Å²) in [7, 11) is 0. The van der Waals surface area contributed by atoms with Gasteiger partial charge in [0, 0.05) is 37.8 Å². The molecule has 1 spiro atoms. The minimum atomic E-state index is -0.855. The minimum Gasteiger partial charge on any atom is -0.435 e. The molecule has 8 atom stereocenters. The summed E-state index contributed by atoms with van der Waals surface area (Å²) in [5, 5.41) is 0. The van der Waals surface area contributed by atoms with E-state index in [-0.39, 0.29) is 36.5 Å². The first-order valence-corrected chi connectivity index (χ1v) is 13.0. The molecule has 0 radical (unpaired) electrons. The third-order valence-corrected chi connectivity index (χ3v) is 8.85. The van der Waals surface area contributed by atoms with Gasteiger partial charge in [-0.3, -0.25) is 9.59 Å². The summed E-state index contributed by atoms with van der Waals surface area (Å²) in [5.74, 6) is -0.405. The van der Waals surface area contributed by atoms with E-state index >= 15 is 0 Å². The van der Waals surface area contributed by atoms with Crippen LogP contribution in [-0.4, -0.2) is 53.8 Å². The van der Waals surface area contributed by atoms with Crippen molar-refractivity contribution < 1.29 is 33.6 Å². The van der Waals surface area contributed by atoms with Gasteiger partial charge in [-0.1, -0.05) is 26.7 Å². The van der Waals surface area contributed by atoms with Gasteiger partial charge in [0.25, 0.3) is 0 Å². The Hall–Kier alpha value is -1.22. The Morgan fingerprint density at radius 2 is 1.73 bits per heavy atom. The normalized spacial score (nSPS) is 45.0. The number of hydrogen-bond acceptors (Lipinski definition) is 7. The molecule has 8 heteroatoms. The van der Waals surface area contributed by atoms with Crippen molar-refractivity contribution in [2.45, 2.75) is 109 Å². The topological polar surface area (TPSA) is 83.5 Å². The van der Waals surface area contributed by atoms with Gasteiger partial charge in [-0.2, -0.15) is 0 Å². The molecule has 6 aliphatic rings. The average Bonchev–Trinajstić information content (AvgIpc) is 3.20. The summed E-state index contributed by atoms with van der Waals surface area (Å²) < 4.78 is 18.4. The quantitative estimate of drug-likeness (QED) is 0.460. The molecule has 33 heavy (non-hydrogen) atoms. The summed E-state index contributed by atoms with van der Waals surface area (Å²) in [6.45, 7) is 7.80. The second-order valence-corrected chi connectivity index (χ2v) is 11.1. The van der Waals surface area contributed by atoms with E-state index in [2.05, 4.69) is 13.8 Å². The number of fused-ring (bicyclic) bond motifs is 2. The molecule has 0 aromatic carbocycles. The zero-order valence-electron chi connectivity index (χ0n) is 20.3. The Balaban J connectivity index is 1.24. The highest BCUT2D eigenvalue weighted by Gasteiger charge is 2.69. The molecule has 1 saturated carbocycles. The van der Waals surface area contributed by atoms with Crippen LogP contribution in [0.5, 0.6) is 0 Å². The molecule has 0 aromatic heterocycles. The van der Waals surface area contributed by atoms with Crippen molar-refractivity contribution in [2.75, 3.05) is 13.1 Å². The van der Waals surface area contributed by atoms with Gasteiger partial charge in [-0.15, -0.1) is 0 Å². The number of ether oxygens (including phenoxy) is 3. The number of carbonyl (C=O) groups excluding carboxylic acids is 2. The van der Waals surface area contributed by atoms with Crippen molar-refractivity contribution in [3.63, 3.8) is 0 Å². The first-order chi connectivity index (χ1) is 15.8. The largest absolute Gasteiger partial charge is 0.435 e. The van der Waals surface area contributed by atoms with Gasteiger partial charge in [0.2, 0.25) is 18.0 Å². The third-order valence-electron chi connectivity index (χ3n) is 8.85. The fraction of sp³-hybridized carbons (Fsp3) is 0.920. The molecule has 0 unspecified atom stereocenters. The number of hydrogen-bond donors (Lipinski definition) is 0. The number of amides is 1. The van der Waals surface area contributed by atoms with Gasteiger partial charge >= 0.3 is 5.97 Å². The summed E-state index contributed by atoms with van der Waals surface area (Å²) in [5.41, 5.74) is -0.668. The maximum Gasteiger partial charge on any atom is 0.308 e. The van der Waals surface area contributed by atoms with E-state index in [1.165, 1.54) is 12.8 Å². The monoisotopic (exact) mass is 465 g/mol. The van der Waals surface area contributed by atoms with Crippen LogP contribution < -0.4 is 0 Å². The van der Waals surface area contributed by atoms with E-state index < -0.39 is 29.9 Å². The van der Waals surface area contributed by atoms with E-state index in [0.717, 1.165) is 51.6 Å². The standard InChI is InChI=1S/C25H39NO7/c1-16-8-9-19-17(2)22(29-21(28)11-10-20(27)26-14-6-4-5-7-15-26)30-23-25(19)18(16)12-13-24(3,31-23)32-33-25/h16-19,22-23H,4-15H2,1-3H3/t16-,17-,18+,19-,22-,23-,24-,25-/m1/s1. The van der Waals surface area contributed by atoms with Crippen LogP contribution in [0.3, 0.4) is 0 Å². The predicted molar refractivity (Wildman–Crippen MR) is 117 cm³/mol. The molecule has 6 rings (SSSR count). The summed E-state index contributed by atoms with van der Waals surface area (Å²) in [6.07, 6.45) is 7.07. The molecule has 5 saturated heterocycles. The molecule has 5 heterocycles. The van der Waals surface area contributed by atoms with Crippen molar-refractivity contribution in [2.24, 2.45) is 23.7 Å². The van der Waals surface area contributed by atoms with E-state index in [1.807, 2.05) is 11.8 Å². The number of rotatable bonds is 4. The van der Waals surface area contributed by atoms with E-state index in [9.17, 15) is 9.59 Å². The van der Waals surface area contributed by atoms with Gasteiger partial charge in [0.05, 0.1) is 6.42 Å². The molecule has 1 amide bonds. The Labute approximate surface area is 196 Å². The zero-order valence-corrected chi connectivity index (χ0v) is 20.3. The maximum atomic E-state index is 12.7. The predicted octanol–water partition coefficient (Wildman–Crippen LogP) is 3.92. The van der Waals surface area contributed by atoms with E-state index in [1.54, 1.807) is 0 Å². The molecule has 1 aliphatic carbocycles. The molecule has 0 aromatic rings. The van der Waals surface area contributed by atoms with Crippen molar-refractivity contribution in [3.05, 3.63) is 0 Å². The number of likely N-dealkylation sites (tertiary alicyclic amines) is 1. The maximum absolute atomic E-state index is 12.7. The number of esters is 1. The first kappa shape index (κ1) is 23.5. The Morgan fingerprint density at radius 3 is 2.48 bits per heavy atom. The number of carbonyl (C=O) groups is 2. The van der Waals surface area contributed by atoms with Crippen LogP contribution in [0.4, 0.5) is 0 Å². The summed E-state index contributed by atoms with van der Waals surface area (Å²) in [4.78, 5) is 39.1. The lowest BCUT2D eigenvalue weighted by Gasteiger charge is -2.59. The average molecular weight is 466 g/mol. The zero-order chi connectivity index (χ0) is 23.2. The number of nitrogens with zero attached hydrogens (tertiary/aromatic N) is 1. The summed E-state index contributed by atoms with van der Waals surface area (Å²) >= 11 is 0. The van der Waals surface area contributed by atoms with Crippen LogP contribution in [0.15, 0.2) is 0 Å². The van der Waals surface area contributed by atoms with Crippen LogP contribution in [0, 0.1) is 23.7 Å². The van der Waals surface area contributed by atoms with Crippen LogP contribution >= 0.6 is 0 Å². The second kappa shape index (κ2) is 9.10. The van der Waals surface area contributed by atoms with Crippen molar-refractivity contribution in [1.82, 2.24) is 4.90 Å². The third kappa shape index (κ3) is 4.21. The fourth-order valence-electron chi connectivity index (χ4n) is 6.88. The molecular formula is C25H39NO7. The van der Waals surface area contributed by atoms with Gasteiger partial charge in [0.15, 0.2) is 11.9 Å². The van der Waals surface area contributed by atoms with Crippen molar-refractivity contribution >= 4 is 11.9 Å². The fourth-order valence-corrected chi connectivity index (χ4v) is 6.88. The lowest BCUT2D eigenvalue weighted by molar-refractivity contribution is -0.576. The smallest absolute Gasteiger partial charge is 0.308 e. The minimum absolute atomic E-state index is 0.0393. The van der Waals surface area contributed by atoms with Crippen LogP contribution in [0.1, 0.15) is 85.0 Å². The molecule has 8 nitrogen and oxygen atoms in total. The highest BCUT2D eigenvalue weighted by Crippen LogP contribution is 2.60. The van der Waals surface area contributed by atoms with E-state index in [4.69, 9.17) is 24.0 Å². The lowest BCUT2D eigenvalue weighted by atomic mass is 9.58. The van der Waals surface area contributed by atoms with Crippen LogP contribution in [0.25, 0.3) is 0 Å². The van der Waals surface area contributed by atoms with Crippen LogP contribution in [-0.2, 0) is 33.6 Å². The highest BCUT2D eigenvalue weighted by molar-refractivity contribution is 5.81. The molecule has 0 N–H and O–H groups in total. The Morgan fingerprint density at radius 1 is 0.970 bits per heavy atom.